The van der Waals surface area contributed by atoms with Gasteiger partial charge in [-0.3, -0.25) is 4.79 Å². The van der Waals surface area contributed by atoms with Crippen molar-refractivity contribution in [3.63, 3.8) is 0 Å². The first kappa shape index (κ1) is 14.6. The molecular formula is C13H22F2O2. The Morgan fingerprint density at radius 1 is 1.24 bits per heavy atom. The van der Waals surface area contributed by atoms with Gasteiger partial charge in [-0.2, -0.15) is 0 Å². The Labute approximate surface area is 101 Å². The third-order valence-corrected chi connectivity index (χ3v) is 3.72. The van der Waals surface area contributed by atoms with Crippen molar-refractivity contribution in [1.29, 1.82) is 0 Å². The highest BCUT2D eigenvalue weighted by Gasteiger charge is 2.49. The van der Waals surface area contributed by atoms with Gasteiger partial charge in [0.1, 0.15) is 5.60 Å². The van der Waals surface area contributed by atoms with Crippen LogP contribution in [0.5, 0.6) is 0 Å². The van der Waals surface area contributed by atoms with Crippen molar-refractivity contribution in [2.24, 2.45) is 5.41 Å². The number of alkyl halides is 2. The normalized spacial score (nSPS) is 23.4. The molecule has 1 aliphatic rings. The number of ketones is 1. The molecule has 0 bridgehead atoms. The van der Waals surface area contributed by atoms with Gasteiger partial charge in [0.25, 0.3) is 0 Å². The summed E-state index contributed by atoms with van der Waals surface area (Å²) >= 11 is 0. The zero-order chi connectivity index (χ0) is 13.3. The fourth-order valence-corrected chi connectivity index (χ4v) is 2.62. The molecule has 0 spiro atoms. The third-order valence-electron chi connectivity index (χ3n) is 3.72. The monoisotopic (exact) mass is 248 g/mol. The maximum absolute atomic E-state index is 13.0. The molecule has 1 fully saturated rings. The van der Waals surface area contributed by atoms with Crippen LogP contribution < -0.4 is 0 Å². The second kappa shape index (κ2) is 4.63. The lowest BCUT2D eigenvalue weighted by Gasteiger charge is -2.39. The van der Waals surface area contributed by atoms with Gasteiger partial charge in [-0.1, -0.05) is 27.2 Å². The molecule has 0 aromatic rings. The highest BCUT2D eigenvalue weighted by atomic mass is 19.3. The average Bonchev–Trinajstić information content (AvgIpc) is 2.22. The Morgan fingerprint density at radius 3 is 2.12 bits per heavy atom. The van der Waals surface area contributed by atoms with Gasteiger partial charge in [0.15, 0.2) is 5.78 Å². The zero-order valence-electron chi connectivity index (χ0n) is 10.9. The molecular weight excluding hydrogens is 226 g/mol. The molecule has 0 aliphatic heterocycles. The Kier molecular flexibility index (Phi) is 3.97. The number of carbonyl (C=O) groups excluding carboxylic acids is 1. The molecule has 100 valence electrons. The van der Waals surface area contributed by atoms with Crippen molar-refractivity contribution in [1.82, 2.24) is 0 Å². The van der Waals surface area contributed by atoms with Crippen molar-refractivity contribution in [2.75, 3.05) is 0 Å². The first-order chi connectivity index (χ1) is 7.63. The lowest BCUT2D eigenvalue weighted by Crippen LogP contribution is -2.50. The van der Waals surface area contributed by atoms with Gasteiger partial charge < -0.3 is 5.11 Å². The van der Waals surface area contributed by atoms with Crippen LogP contribution in [0, 0.1) is 5.41 Å². The molecule has 0 saturated heterocycles. The predicted molar refractivity (Wildman–Crippen MR) is 62.1 cm³/mol. The first-order valence-electron chi connectivity index (χ1n) is 6.28. The highest BCUT2D eigenvalue weighted by molar-refractivity contribution is 5.91. The molecule has 0 aromatic heterocycles. The summed E-state index contributed by atoms with van der Waals surface area (Å²) in [6, 6.07) is 0. The Hall–Kier alpha value is -0.510. The van der Waals surface area contributed by atoms with Gasteiger partial charge in [-0.15, -0.1) is 0 Å². The molecule has 0 radical (unpaired) electrons. The molecule has 0 heterocycles. The maximum atomic E-state index is 13.0. The van der Waals surface area contributed by atoms with E-state index < -0.39 is 29.8 Å². The minimum absolute atomic E-state index is 0.119. The standard InChI is InChI=1S/C13H22F2O2/c1-4-5-11(2,3)10(16)12(17)6-8-13(14,15)9-7-12/h17H,4-9H2,1-3H3. The quantitative estimate of drug-likeness (QED) is 0.828. The van der Waals surface area contributed by atoms with E-state index in [1.165, 1.54) is 0 Å². The van der Waals surface area contributed by atoms with E-state index in [0.717, 1.165) is 6.42 Å². The second-order valence-electron chi connectivity index (χ2n) is 5.85. The van der Waals surface area contributed by atoms with Crippen LogP contribution in [0.2, 0.25) is 0 Å². The smallest absolute Gasteiger partial charge is 0.248 e. The van der Waals surface area contributed by atoms with Crippen molar-refractivity contribution < 1.29 is 18.7 Å². The van der Waals surface area contributed by atoms with E-state index in [1.54, 1.807) is 13.8 Å². The molecule has 0 atom stereocenters. The third kappa shape index (κ3) is 3.24. The van der Waals surface area contributed by atoms with Crippen LogP contribution in [0.15, 0.2) is 0 Å². The highest BCUT2D eigenvalue weighted by Crippen LogP contribution is 2.42. The molecule has 0 amide bonds. The molecule has 4 heteroatoms. The Balaban J connectivity index is 2.76. The van der Waals surface area contributed by atoms with Crippen molar-refractivity contribution in [3.8, 4) is 0 Å². The summed E-state index contributed by atoms with van der Waals surface area (Å²) in [5.74, 6) is -3.00. The van der Waals surface area contributed by atoms with Gasteiger partial charge >= 0.3 is 0 Å². The van der Waals surface area contributed by atoms with Crippen LogP contribution in [0.4, 0.5) is 8.78 Å². The van der Waals surface area contributed by atoms with E-state index in [4.69, 9.17) is 0 Å². The van der Waals surface area contributed by atoms with E-state index in [0.29, 0.717) is 6.42 Å². The number of aliphatic hydroxyl groups is 1. The van der Waals surface area contributed by atoms with Crippen molar-refractivity contribution in [2.45, 2.75) is 70.8 Å². The molecule has 1 aliphatic carbocycles. The van der Waals surface area contributed by atoms with Gasteiger partial charge in [-0.05, 0) is 19.3 Å². The van der Waals surface area contributed by atoms with Crippen molar-refractivity contribution in [3.05, 3.63) is 0 Å². The van der Waals surface area contributed by atoms with E-state index in [9.17, 15) is 18.7 Å². The van der Waals surface area contributed by atoms with Crippen LogP contribution in [0.25, 0.3) is 0 Å². The molecule has 1 saturated carbocycles. The summed E-state index contributed by atoms with van der Waals surface area (Å²) < 4.78 is 26.1. The molecule has 2 nitrogen and oxygen atoms in total. The van der Waals surface area contributed by atoms with Crippen molar-refractivity contribution >= 4 is 5.78 Å². The summed E-state index contributed by atoms with van der Waals surface area (Å²) in [4.78, 5) is 12.2. The number of hydrogen-bond donors (Lipinski definition) is 1. The van der Waals surface area contributed by atoms with Gasteiger partial charge in [-0.25, -0.2) is 8.78 Å². The lowest BCUT2D eigenvalue weighted by molar-refractivity contribution is -0.160. The van der Waals surface area contributed by atoms with E-state index in [1.807, 2.05) is 6.92 Å². The Bertz CT molecular complexity index is 288. The zero-order valence-corrected chi connectivity index (χ0v) is 10.9. The van der Waals surface area contributed by atoms with E-state index >= 15 is 0 Å². The molecule has 1 rings (SSSR count). The van der Waals surface area contributed by atoms with Crippen LogP contribution in [0.3, 0.4) is 0 Å². The minimum atomic E-state index is -2.72. The van der Waals surface area contributed by atoms with Crippen LogP contribution >= 0.6 is 0 Å². The summed E-state index contributed by atoms with van der Waals surface area (Å²) in [6.45, 7) is 5.53. The van der Waals surface area contributed by atoms with Gasteiger partial charge in [0, 0.05) is 18.3 Å². The minimum Gasteiger partial charge on any atom is -0.382 e. The first-order valence-corrected chi connectivity index (χ1v) is 6.28. The fourth-order valence-electron chi connectivity index (χ4n) is 2.62. The maximum Gasteiger partial charge on any atom is 0.248 e. The number of carbonyl (C=O) groups is 1. The summed E-state index contributed by atoms with van der Waals surface area (Å²) in [5.41, 5.74) is -2.17. The molecule has 0 unspecified atom stereocenters. The molecule has 0 aromatic carbocycles. The van der Waals surface area contributed by atoms with Crippen LogP contribution in [0.1, 0.15) is 59.3 Å². The van der Waals surface area contributed by atoms with E-state index in [-0.39, 0.29) is 18.6 Å². The second-order valence-corrected chi connectivity index (χ2v) is 5.85. The van der Waals surface area contributed by atoms with Gasteiger partial charge in [0.05, 0.1) is 0 Å². The molecule has 1 N–H and O–H groups in total. The number of rotatable bonds is 4. The summed E-state index contributed by atoms with van der Waals surface area (Å²) in [6.07, 6.45) is 0.488. The lowest BCUT2D eigenvalue weighted by atomic mass is 9.70. The number of hydrogen-bond acceptors (Lipinski definition) is 2. The topological polar surface area (TPSA) is 37.3 Å². The van der Waals surface area contributed by atoms with Crippen LogP contribution in [-0.4, -0.2) is 22.4 Å². The SMILES string of the molecule is CCCC(C)(C)C(=O)C1(O)CCC(F)(F)CC1. The average molecular weight is 248 g/mol. The predicted octanol–water partition coefficient (Wildman–Crippen LogP) is 3.32. The van der Waals surface area contributed by atoms with E-state index in [2.05, 4.69) is 0 Å². The summed E-state index contributed by atoms with van der Waals surface area (Å²) in [5, 5.41) is 10.3. The Morgan fingerprint density at radius 2 is 1.71 bits per heavy atom. The van der Waals surface area contributed by atoms with Crippen LogP contribution in [-0.2, 0) is 4.79 Å². The molecule has 17 heavy (non-hydrogen) atoms. The summed E-state index contributed by atoms with van der Waals surface area (Å²) in [7, 11) is 0. The number of halogens is 2. The fraction of sp³-hybridized carbons (Fsp3) is 0.923. The van der Waals surface area contributed by atoms with Gasteiger partial charge in [0.2, 0.25) is 5.92 Å². The number of Topliss-reactive ketones (excluding diaryl/α,β-unsaturated/α-hetero) is 1. The largest absolute Gasteiger partial charge is 0.382 e.